The molecule has 2 aromatic rings. The number of carbonyl (C=O) groups is 1. The molecule has 2 aromatic carbocycles. The summed E-state index contributed by atoms with van der Waals surface area (Å²) >= 11 is 0. The van der Waals surface area contributed by atoms with Crippen molar-refractivity contribution in [1.82, 2.24) is 0 Å². The van der Waals surface area contributed by atoms with Crippen LogP contribution in [0, 0.1) is 0 Å². The number of ether oxygens (including phenoxy) is 4. The van der Waals surface area contributed by atoms with Crippen molar-refractivity contribution in [3.8, 4) is 17.2 Å². The fourth-order valence-corrected chi connectivity index (χ4v) is 2.36. The van der Waals surface area contributed by atoms with Gasteiger partial charge in [0, 0.05) is 13.8 Å². The van der Waals surface area contributed by atoms with E-state index in [2.05, 4.69) is 0 Å². The van der Waals surface area contributed by atoms with Crippen LogP contribution in [0.4, 0.5) is 0 Å². The van der Waals surface area contributed by atoms with E-state index >= 15 is 0 Å². The summed E-state index contributed by atoms with van der Waals surface area (Å²) in [4.78, 5) is 11.8. The molecule has 0 saturated heterocycles. The fourth-order valence-electron chi connectivity index (χ4n) is 2.36. The predicted molar refractivity (Wildman–Crippen MR) is 83.9 cm³/mol. The van der Waals surface area contributed by atoms with Gasteiger partial charge < -0.3 is 18.9 Å². The molecule has 1 aliphatic rings. The first kappa shape index (κ1) is 15.2. The van der Waals surface area contributed by atoms with Crippen molar-refractivity contribution in [3.05, 3.63) is 53.6 Å². The van der Waals surface area contributed by atoms with Crippen molar-refractivity contribution >= 4 is 5.97 Å². The first-order chi connectivity index (χ1) is 11.0. The van der Waals surface area contributed by atoms with Gasteiger partial charge in [-0.1, -0.05) is 30.3 Å². The van der Waals surface area contributed by atoms with E-state index in [0.717, 1.165) is 5.56 Å². The molecule has 5 nitrogen and oxygen atoms in total. The predicted octanol–water partition coefficient (Wildman–Crippen LogP) is 3.56. The van der Waals surface area contributed by atoms with Gasteiger partial charge in [0.1, 0.15) is 6.61 Å². The highest BCUT2D eigenvalue weighted by atomic mass is 16.7. The Morgan fingerprint density at radius 3 is 2.57 bits per heavy atom. The molecule has 120 valence electrons. The first-order valence-corrected chi connectivity index (χ1v) is 7.29. The molecule has 0 aliphatic carbocycles. The highest BCUT2D eigenvalue weighted by Crippen LogP contribution is 2.47. The standard InChI is InChI=1S/C18H18O5/c1-18(2)22-15-10-13(17(19)20-3)9-14(16(15)23-18)21-11-12-7-5-4-6-8-12/h4-10H,11H2,1-3H3. The molecule has 0 saturated carbocycles. The van der Waals surface area contributed by atoms with E-state index < -0.39 is 11.8 Å². The van der Waals surface area contributed by atoms with Crippen LogP contribution in [0.3, 0.4) is 0 Å². The second-order valence-electron chi connectivity index (χ2n) is 5.67. The van der Waals surface area contributed by atoms with Crippen molar-refractivity contribution in [2.24, 2.45) is 0 Å². The number of rotatable bonds is 4. The Morgan fingerprint density at radius 2 is 1.87 bits per heavy atom. The van der Waals surface area contributed by atoms with Gasteiger partial charge in [0.15, 0.2) is 11.5 Å². The molecular weight excluding hydrogens is 296 g/mol. The second kappa shape index (κ2) is 5.83. The smallest absolute Gasteiger partial charge is 0.338 e. The summed E-state index contributed by atoms with van der Waals surface area (Å²) in [7, 11) is 1.33. The Morgan fingerprint density at radius 1 is 1.13 bits per heavy atom. The lowest BCUT2D eigenvalue weighted by atomic mass is 10.2. The van der Waals surface area contributed by atoms with Crippen LogP contribution in [-0.4, -0.2) is 18.9 Å². The first-order valence-electron chi connectivity index (χ1n) is 7.29. The average Bonchev–Trinajstić information content (AvgIpc) is 2.86. The van der Waals surface area contributed by atoms with Gasteiger partial charge >= 0.3 is 5.97 Å². The molecule has 0 radical (unpaired) electrons. The largest absolute Gasteiger partial charge is 0.485 e. The summed E-state index contributed by atoms with van der Waals surface area (Å²) in [6.07, 6.45) is 0. The van der Waals surface area contributed by atoms with Crippen molar-refractivity contribution < 1.29 is 23.7 Å². The minimum atomic E-state index is -0.804. The van der Waals surface area contributed by atoms with Crippen LogP contribution in [0.1, 0.15) is 29.8 Å². The van der Waals surface area contributed by atoms with E-state index in [0.29, 0.717) is 29.4 Å². The lowest BCUT2D eigenvalue weighted by Crippen LogP contribution is -2.29. The highest BCUT2D eigenvalue weighted by Gasteiger charge is 2.35. The molecule has 3 rings (SSSR count). The minimum absolute atomic E-state index is 0.357. The van der Waals surface area contributed by atoms with Crippen molar-refractivity contribution in [3.63, 3.8) is 0 Å². The summed E-state index contributed by atoms with van der Waals surface area (Å²) in [6, 6.07) is 13.0. The Hall–Kier alpha value is -2.69. The Kier molecular flexibility index (Phi) is 3.86. The lowest BCUT2D eigenvalue weighted by molar-refractivity contribution is -0.0442. The van der Waals surface area contributed by atoms with Crippen LogP contribution in [0.2, 0.25) is 0 Å². The summed E-state index contributed by atoms with van der Waals surface area (Å²) in [5, 5.41) is 0. The Bertz CT molecular complexity index is 722. The molecule has 0 spiro atoms. The van der Waals surface area contributed by atoms with Crippen LogP contribution >= 0.6 is 0 Å². The molecular formula is C18H18O5. The van der Waals surface area contributed by atoms with Crippen molar-refractivity contribution in [2.75, 3.05) is 7.11 Å². The minimum Gasteiger partial charge on any atom is -0.485 e. The number of fused-ring (bicyclic) bond motifs is 1. The highest BCUT2D eigenvalue weighted by molar-refractivity contribution is 5.91. The molecule has 0 N–H and O–H groups in total. The zero-order valence-corrected chi connectivity index (χ0v) is 13.3. The number of carbonyl (C=O) groups excluding carboxylic acids is 1. The maximum Gasteiger partial charge on any atom is 0.338 e. The molecule has 0 amide bonds. The van der Waals surface area contributed by atoms with Crippen LogP contribution < -0.4 is 14.2 Å². The number of hydrogen-bond acceptors (Lipinski definition) is 5. The van der Waals surface area contributed by atoms with Crippen LogP contribution in [0.15, 0.2) is 42.5 Å². The molecule has 0 fully saturated rings. The van der Waals surface area contributed by atoms with E-state index in [1.807, 2.05) is 30.3 Å². The molecule has 1 aliphatic heterocycles. The van der Waals surface area contributed by atoms with Crippen LogP contribution in [-0.2, 0) is 11.3 Å². The molecule has 0 atom stereocenters. The number of hydrogen-bond donors (Lipinski definition) is 0. The van der Waals surface area contributed by atoms with E-state index in [-0.39, 0.29) is 0 Å². The fraction of sp³-hybridized carbons (Fsp3) is 0.278. The van der Waals surface area contributed by atoms with E-state index in [1.54, 1.807) is 26.0 Å². The Labute approximate surface area is 134 Å². The van der Waals surface area contributed by atoms with Crippen molar-refractivity contribution in [2.45, 2.75) is 26.2 Å². The van der Waals surface area contributed by atoms with Gasteiger partial charge in [-0.2, -0.15) is 0 Å². The number of benzene rings is 2. The lowest BCUT2D eigenvalue weighted by Gasteiger charge is -2.16. The SMILES string of the molecule is COC(=O)c1cc(OCc2ccccc2)c2c(c1)OC(C)(C)O2. The topological polar surface area (TPSA) is 54.0 Å². The van der Waals surface area contributed by atoms with E-state index in [1.165, 1.54) is 7.11 Å². The van der Waals surface area contributed by atoms with Gasteiger partial charge in [0.05, 0.1) is 12.7 Å². The summed E-state index contributed by atoms with van der Waals surface area (Å²) < 4.78 is 22.1. The third-order valence-electron chi connectivity index (χ3n) is 3.38. The van der Waals surface area contributed by atoms with Gasteiger partial charge in [0.25, 0.3) is 0 Å². The normalized spacial score (nSPS) is 14.4. The molecule has 23 heavy (non-hydrogen) atoms. The second-order valence-corrected chi connectivity index (χ2v) is 5.67. The average molecular weight is 314 g/mol. The van der Waals surface area contributed by atoms with Gasteiger partial charge in [-0.05, 0) is 17.7 Å². The number of esters is 1. The summed E-state index contributed by atoms with van der Waals surface area (Å²) in [6.45, 7) is 3.96. The third kappa shape index (κ3) is 3.23. The van der Waals surface area contributed by atoms with Crippen LogP contribution in [0.25, 0.3) is 0 Å². The van der Waals surface area contributed by atoms with E-state index in [4.69, 9.17) is 18.9 Å². The zero-order valence-electron chi connectivity index (χ0n) is 13.3. The summed E-state index contributed by atoms with van der Waals surface area (Å²) in [5.74, 6) is 0.171. The maximum absolute atomic E-state index is 11.8. The van der Waals surface area contributed by atoms with Gasteiger partial charge in [-0.15, -0.1) is 0 Å². The quantitative estimate of drug-likeness (QED) is 0.808. The monoisotopic (exact) mass is 314 g/mol. The molecule has 0 bridgehead atoms. The molecule has 0 aromatic heterocycles. The van der Waals surface area contributed by atoms with Crippen molar-refractivity contribution in [1.29, 1.82) is 0 Å². The number of methoxy groups -OCH3 is 1. The van der Waals surface area contributed by atoms with Gasteiger partial charge in [0.2, 0.25) is 11.5 Å². The Balaban J connectivity index is 1.92. The molecule has 5 heteroatoms. The maximum atomic E-state index is 11.8. The van der Waals surface area contributed by atoms with Crippen LogP contribution in [0.5, 0.6) is 17.2 Å². The molecule has 0 unspecified atom stereocenters. The third-order valence-corrected chi connectivity index (χ3v) is 3.38. The molecule has 1 heterocycles. The van der Waals surface area contributed by atoms with Gasteiger partial charge in [-0.3, -0.25) is 0 Å². The zero-order chi connectivity index (χ0) is 16.4. The van der Waals surface area contributed by atoms with E-state index in [9.17, 15) is 4.79 Å². The summed E-state index contributed by atoms with van der Waals surface area (Å²) in [5.41, 5.74) is 1.37. The van der Waals surface area contributed by atoms with Gasteiger partial charge in [-0.25, -0.2) is 4.79 Å².